The van der Waals surface area contributed by atoms with Crippen LogP contribution in [-0.4, -0.2) is 25.2 Å². The summed E-state index contributed by atoms with van der Waals surface area (Å²) in [6.07, 6.45) is 1.60. The second-order valence-electron chi connectivity index (χ2n) is 4.59. The minimum absolute atomic E-state index is 0.0173. The number of sulfone groups is 1. The van der Waals surface area contributed by atoms with Crippen LogP contribution in [0, 0.1) is 11.3 Å². The van der Waals surface area contributed by atoms with Crippen LogP contribution in [-0.2, 0) is 9.84 Å². The third-order valence-corrected chi connectivity index (χ3v) is 4.50. The van der Waals surface area contributed by atoms with Crippen molar-refractivity contribution in [3.63, 3.8) is 0 Å². The topological polar surface area (TPSA) is 82.9 Å². The minimum Gasteiger partial charge on any atom is -0.363 e. The van der Waals surface area contributed by atoms with Gasteiger partial charge < -0.3 is 5.32 Å². The molecule has 1 unspecified atom stereocenters. The van der Waals surface area contributed by atoms with E-state index in [1.807, 2.05) is 24.3 Å². The summed E-state index contributed by atoms with van der Waals surface area (Å²) in [4.78, 5) is 4.40. The first-order valence-electron chi connectivity index (χ1n) is 6.05. The maximum absolute atomic E-state index is 11.4. The van der Waals surface area contributed by atoms with Crippen molar-refractivity contribution in [2.75, 3.05) is 11.1 Å². The van der Waals surface area contributed by atoms with Gasteiger partial charge in [-0.2, -0.15) is 5.26 Å². The van der Waals surface area contributed by atoms with Gasteiger partial charge in [-0.1, -0.05) is 18.2 Å². The molecule has 6 heteroatoms. The van der Waals surface area contributed by atoms with E-state index in [0.29, 0.717) is 16.9 Å². The molecule has 0 bridgehead atoms. The molecule has 0 saturated heterocycles. The van der Waals surface area contributed by atoms with Gasteiger partial charge in [0.25, 0.3) is 0 Å². The molecule has 1 atom stereocenters. The van der Waals surface area contributed by atoms with Crippen molar-refractivity contribution in [2.45, 2.75) is 6.04 Å². The molecule has 2 heterocycles. The molecule has 1 aromatic carbocycles. The summed E-state index contributed by atoms with van der Waals surface area (Å²) >= 11 is 0. The smallest absolute Gasteiger partial charge is 0.173 e. The fourth-order valence-corrected chi connectivity index (χ4v) is 3.43. The standard InChI is InChI=1S/C14H11N3O2S/c15-8-10-7-14(16-11-5-6-20(18,19)9-11)17-13-4-2-1-3-12(10)13/h1-7,11H,9H2,(H,16,17). The maximum Gasteiger partial charge on any atom is 0.173 e. The van der Waals surface area contributed by atoms with Gasteiger partial charge in [0.05, 0.1) is 28.9 Å². The quantitative estimate of drug-likeness (QED) is 0.910. The van der Waals surface area contributed by atoms with Crippen molar-refractivity contribution < 1.29 is 8.42 Å². The van der Waals surface area contributed by atoms with Gasteiger partial charge in [-0.3, -0.25) is 0 Å². The van der Waals surface area contributed by atoms with Crippen molar-refractivity contribution in [1.82, 2.24) is 4.98 Å². The Kier molecular flexibility index (Phi) is 2.92. The van der Waals surface area contributed by atoms with E-state index in [0.717, 1.165) is 5.39 Å². The average molecular weight is 285 g/mol. The number of hydrogen-bond donors (Lipinski definition) is 1. The van der Waals surface area contributed by atoms with Crippen LogP contribution >= 0.6 is 0 Å². The summed E-state index contributed by atoms with van der Waals surface area (Å²) in [5, 5.41) is 14.2. The second-order valence-corrected chi connectivity index (χ2v) is 6.52. The molecule has 0 amide bonds. The number of nitrogens with one attached hydrogen (secondary N) is 1. The van der Waals surface area contributed by atoms with E-state index in [1.54, 1.807) is 12.1 Å². The fraction of sp³-hybridized carbons (Fsp3) is 0.143. The lowest BCUT2D eigenvalue weighted by Gasteiger charge is -2.12. The molecule has 1 aliphatic heterocycles. The largest absolute Gasteiger partial charge is 0.363 e. The molecule has 0 saturated carbocycles. The van der Waals surface area contributed by atoms with E-state index < -0.39 is 9.84 Å². The molecule has 3 rings (SSSR count). The van der Waals surface area contributed by atoms with Crippen LogP contribution in [0.5, 0.6) is 0 Å². The summed E-state index contributed by atoms with van der Waals surface area (Å²) in [7, 11) is -3.11. The molecule has 100 valence electrons. The number of nitrogens with zero attached hydrogens (tertiary/aromatic N) is 2. The molecule has 0 fully saturated rings. The van der Waals surface area contributed by atoms with Gasteiger partial charge in [0.15, 0.2) is 9.84 Å². The fourth-order valence-electron chi connectivity index (χ4n) is 2.20. The van der Waals surface area contributed by atoms with Crippen LogP contribution in [0.3, 0.4) is 0 Å². The van der Waals surface area contributed by atoms with E-state index in [9.17, 15) is 13.7 Å². The number of nitriles is 1. The summed E-state index contributed by atoms with van der Waals surface area (Å²) in [5.74, 6) is 0.524. The zero-order chi connectivity index (χ0) is 14.2. The van der Waals surface area contributed by atoms with Crippen LogP contribution in [0.15, 0.2) is 41.8 Å². The predicted molar refractivity (Wildman–Crippen MR) is 76.8 cm³/mol. The zero-order valence-electron chi connectivity index (χ0n) is 10.4. The molecule has 0 spiro atoms. The van der Waals surface area contributed by atoms with E-state index >= 15 is 0 Å². The van der Waals surface area contributed by atoms with Crippen LogP contribution in [0.1, 0.15) is 5.56 Å². The Balaban J connectivity index is 1.97. The van der Waals surface area contributed by atoms with Gasteiger partial charge in [0.2, 0.25) is 0 Å². The Morgan fingerprint density at radius 3 is 2.85 bits per heavy atom. The number of hydrogen-bond acceptors (Lipinski definition) is 5. The lowest BCUT2D eigenvalue weighted by molar-refractivity contribution is 0.605. The lowest BCUT2D eigenvalue weighted by atomic mass is 10.1. The summed E-state index contributed by atoms with van der Waals surface area (Å²) < 4.78 is 22.7. The van der Waals surface area contributed by atoms with Crippen LogP contribution in [0.2, 0.25) is 0 Å². The molecular weight excluding hydrogens is 274 g/mol. The normalized spacial score (nSPS) is 19.9. The highest BCUT2D eigenvalue weighted by molar-refractivity contribution is 7.94. The van der Waals surface area contributed by atoms with Crippen molar-refractivity contribution in [3.8, 4) is 6.07 Å². The monoisotopic (exact) mass is 285 g/mol. The predicted octanol–water partition coefficient (Wildman–Crippen LogP) is 1.83. The van der Waals surface area contributed by atoms with E-state index in [4.69, 9.17) is 0 Å². The molecule has 5 nitrogen and oxygen atoms in total. The number of aromatic nitrogens is 1. The highest BCUT2D eigenvalue weighted by Crippen LogP contribution is 2.21. The molecule has 0 radical (unpaired) electrons. The lowest BCUT2D eigenvalue weighted by Crippen LogP contribution is -2.21. The number of anilines is 1. The Hall–Kier alpha value is -2.39. The molecule has 1 aromatic heterocycles. The Labute approximate surface area is 116 Å². The van der Waals surface area contributed by atoms with Crippen molar-refractivity contribution in [2.24, 2.45) is 0 Å². The highest BCUT2D eigenvalue weighted by atomic mass is 32.2. The van der Waals surface area contributed by atoms with Gasteiger partial charge >= 0.3 is 0 Å². The van der Waals surface area contributed by atoms with Crippen LogP contribution in [0.25, 0.3) is 10.9 Å². The first-order chi connectivity index (χ1) is 9.57. The Morgan fingerprint density at radius 1 is 1.35 bits per heavy atom. The minimum atomic E-state index is -3.11. The summed E-state index contributed by atoms with van der Waals surface area (Å²) in [6, 6.07) is 10.8. The average Bonchev–Trinajstić information content (AvgIpc) is 2.77. The number of pyridine rings is 1. The summed E-state index contributed by atoms with van der Waals surface area (Å²) in [5.41, 5.74) is 1.22. The number of para-hydroxylation sites is 1. The van der Waals surface area contributed by atoms with Gasteiger partial charge in [-0.25, -0.2) is 13.4 Å². The number of benzene rings is 1. The van der Waals surface area contributed by atoms with Gasteiger partial charge in [-0.05, 0) is 18.2 Å². The van der Waals surface area contributed by atoms with Gasteiger partial charge in [0.1, 0.15) is 5.82 Å². The van der Waals surface area contributed by atoms with Crippen molar-refractivity contribution >= 4 is 26.6 Å². The Morgan fingerprint density at radius 2 is 2.15 bits per heavy atom. The summed E-state index contributed by atoms with van der Waals surface area (Å²) in [6.45, 7) is 0. The second kappa shape index (κ2) is 4.62. The van der Waals surface area contributed by atoms with Crippen LogP contribution < -0.4 is 5.32 Å². The first kappa shape index (κ1) is 12.6. The van der Waals surface area contributed by atoms with Crippen molar-refractivity contribution in [3.05, 3.63) is 47.4 Å². The van der Waals surface area contributed by atoms with Crippen molar-refractivity contribution in [1.29, 1.82) is 5.26 Å². The third kappa shape index (κ3) is 2.36. The molecule has 0 aliphatic carbocycles. The highest BCUT2D eigenvalue weighted by Gasteiger charge is 2.22. The first-order valence-corrected chi connectivity index (χ1v) is 7.76. The van der Waals surface area contributed by atoms with Gasteiger partial charge in [0, 0.05) is 10.8 Å². The van der Waals surface area contributed by atoms with Crippen LogP contribution in [0.4, 0.5) is 5.82 Å². The van der Waals surface area contributed by atoms with E-state index in [1.165, 1.54) is 5.41 Å². The van der Waals surface area contributed by atoms with E-state index in [-0.39, 0.29) is 11.8 Å². The molecule has 1 aliphatic rings. The van der Waals surface area contributed by atoms with Gasteiger partial charge in [-0.15, -0.1) is 0 Å². The number of fused-ring (bicyclic) bond motifs is 1. The zero-order valence-corrected chi connectivity index (χ0v) is 11.3. The Bertz CT molecular complexity index is 850. The molecule has 20 heavy (non-hydrogen) atoms. The SMILES string of the molecule is N#Cc1cc(NC2C=CS(=O)(=O)C2)nc2ccccc12. The molecule has 2 aromatic rings. The molecular formula is C14H11N3O2S. The maximum atomic E-state index is 11.4. The van der Waals surface area contributed by atoms with E-state index in [2.05, 4.69) is 16.4 Å². The number of rotatable bonds is 2. The molecule has 1 N–H and O–H groups in total. The third-order valence-electron chi connectivity index (χ3n) is 3.10.